The molecule has 0 radical (unpaired) electrons. The second kappa shape index (κ2) is 5.89. The van der Waals surface area contributed by atoms with E-state index < -0.39 is 5.97 Å². The fraction of sp³-hybridized carbons (Fsp3) is 0.176. The number of hydrogen-bond donors (Lipinski definition) is 0. The molecule has 0 unspecified atom stereocenters. The monoisotopic (exact) mass is 296 g/mol. The first kappa shape index (κ1) is 14.1. The number of nitrogens with zero attached hydrogens (tertiary/aromatic N) is 2. The van der Waals surface area contributed by atoms with Gasteiger partial charge in [0.1, 0.15) is 17.9 Å². The zero-order valence-electron chi connectivity index (χ0n) is 12.4. The van der Waals surface area contributed by atoms with Crippen molar-refractivity contribution in [2.45, 2.75) is 13.5 Å². The maximum atomic E-state index is 11.8. The van der Waals surface area contributed by atoms with E-state index in [1.54, 1.807) is 18.3 Å². The quantitative estimate of drug-likeness (QED) is 0.694. The highest BCUT2D eigenvalue weighted by Crippen LogP contribution is 2.19. The van der Waals surface area contributed by atoms with E-state index >= 15 is 0 Å². The molecule has 0 saturated heterocycles. The Morgan fingerprint density at radius 2 is 2.05 bits per heavy atom. The van der Waals surface area contributed by atoms with Crippen molar-refractivity contribution < 1.29 is 14.3 Å². The molecule has 112 valence electrons. The summed E-state index contributed by atoms with van der Waals surface area (Å²) in [5.41, 5.74) is 2.94. The number of para-hydroxylation sites is 1. The van der Waals surface area contributed by atoms with E-state index in [1.165, 1.54) is 7.11 Å². The summed E-state index contributed by atoms with van der Waals surface area (Å²) in [6, 6.07) is 11.3. The first-order valence-electron chi connectivity index (χ1n) is 6.92. The number of fused-ring (bicyclic) bond motifs is 1. The lowest BCUT2D eigenvalue weighted by molar-refractivity contribution is 0.0602. The molecule has 22 heavy (non-hydrogen) atoms. The van der Waals surface area contributed by atoms with Crippen molar-refractivity contribution in [2.75, 3.05) is 7.11 Å². The van der Waals surface area contributed by atoms with Gasteiger partial charge in [0.25, 0.3) is 0 Å². The lowest BCUT2D eigenvalue weighted by Crippen LogP contribution is -2.06. The van der Waals surface area contributed by atoms with Crippen LogP contribution < -0.4 is 4.74 Å². The number of methoxy groups -OCH3 is 1. The second-order valence-corrected chi connectivity index (χ2v) is 4.91. The summed E-state index contributed by atoms with van der Waals surface area (Å²) in [4.78, 5) is 16.1. The van der Waals surface area contributed by atoms with Crippen LogP contribution >= 0.6 is 0 Å². The summed E-state index contributed by atoms with van der Waals surface area (Å²) in [5.74, 6) is 0.434. The van der Waals surface area contributed by atoms with Crippen LogP contribution in [0, 0.1) is 6.92 Å². The molecule has 5 nitrogen and oxygen atoms in total. The SMILES string of the molecule is COC(=O)c1cccn2c(COc3ccccc3C)cnc12. The van der Waals surface area contributed by atoms with E-state index in [9.17, 15) is 4.79 Å². The number of carbonyl (C=O) groups excluding carboxylic acids is 1. The van der Waals surface area contributed by atoms with Crippen LogP contribution in [-0.4, -0.2) is 22.5 Å². The highest BCUT2D eigenvalue weighted by Gasteiger charge is 2.14. The summed E-state index contributed by atoms with van der Waals surface area (Å²) in [5, 5.41) is 0. The molecule has 0 aliphatic heterocycles. The summed E-state index contributed by atoms with van der Waals surface area (Å²) in [6.07, 6.45) is 3.56. The summed E-state index contributed by atoms with van der Waals surface area (Å²) < 4.78 is 12.5. The number of esters is 1. The molecule has 5 heteroatoms. The van der Waals surface area contributed by atoms with Gasteiger partial charge in [0.2, 0.25) is 0 Å². The topological polar surface area (TPSA) is 52.8 Å². The summed E-state index contributed by atoms with van der Waals surface area (Å²) in [6.45, 7) is 2.37. The van der Waals surface area contributed by atoms with Crippen molar-refractivity contribution >= 4 is 11.6 Å². The van der Waals surface area contributed by atoms with Crippen molar-refractivity contribution in [3.8, 4) is 5.75 Å². The van der Waals surface area contributed by atoms with Gasteiger partial charge < -0.3 is 9.47 Å². The number of carbonyl (C=O) groups is 1. The highest BCUT2D eigenvalue weighted by atomic mass is 16.5. The number of rotatable bonds is 4. The van der Waals surface area contributed by atoms with Gasteiger partial charge in [-0.05, 0) is 30.7 Å². The van der Waals surface area contributed by atoms with Crippen LogP contribution in [0.5, 0.6) is 5.75 Å². The van der Waals surface area contributed by atoms with Gasteiger partial charge >= 0.3 is 5.97 Å². The molecule has 0 N–H and O–H groups in total. The minimum Gasteiger partial charge on any atom is -0.487 e. The third kappa shape index (κ3) is 2.53. The molecule has 0 aliphatic carbocycles. The van der Waals surface area contributed by atoms with E-state index in [0.717, 1.165) is 17.0 Å². The molecule has 0 atom stereocenters. The van der Waals surface area contributed by atoms with Crippen LogP contribution in [0.15, 0.2) is 48.8 Å². The molecule has 0 spiro atoms. The van der Waals surface area contributed by atoms with Crippen LogP contribution in [0.1, 0.15) is 21.6 Å². The van der Waals surface area contributed by atoms with Crippen LogP contribution in [0.2, 0.25) is 0 Å². The van der Waals surface area contributed by atoms with Gasteiger partial charge in [-0.15, -0.1) is 0 Å². The van der Waals surface area contributed by atoms with E-state index in [1.807, 2.05) is 41.8 Å². The van der Waals surface area contributed by atoms with Crippen molar-refractivity contribution in [1.82, 2.24) is 9.38 Å². The maximum Gasteiger partial charge on any atom is 0.341 e. The Kier molecular flexibility index (Phi) is 3.78. The third-order valence-electron chi connectivity index (χ3n) is 3.49. The first-order valence-corrected chi connectivity index (χ1v) is 6.92. The molecule has 1 aromatic carbocycles. The van der Waals surface area contributed by atoms with Crippen LogP contribution in [-0.2, 0) is 11.3 Å². The number of hydrogen-bond acceptors (Lipinski definition) is 4. The van der Waals surface area contributed by atoms with Crippen molar-refractivity contribution in [3.63, 3.8) is 0 Å². The lowest BCUT2D eigenvalue weighted by atomic mass is 10.2. The van der Waals surface area contributed by atoms with E-state index in [2.05, 4.69) is 4.98 Å². The van der Waals surface area contributed by atoms with Gasteiger partial charge in [-0.3, -0.25) is 4.40 Å². The highest BCUT2D eigenvalue weighted by molar-refractivity contribution is 5.95. The molecule has 2 aromatic heterocycles. The number of aryl methyl sites for hydroxylation is 1. The first-order chi connectivity index (χ1) is 10.7. The third-order valence-corrected chi connectivity index (χ3v) is 3.49. The van der Waals surface area contributed by atoms with Gasteiger partial charge in [0.05, 0.1) is 19.0 Å². The lowest BCUT2D eigenvalue weighted by Gasteiger charge is -2.09. The Morgan fingerprint density at radius 3 is 2.82 bits per heavy atom. The average molecular weight is 296 g/mol. The van der Waals surface area contributed by atoms with Crippen molar-refractivity contribution in [1.29, 1.82) is 0 Å². The molecule has 0 amide bonds. The Balaban J connectivity index is 1.89. The Morgan fingerprint density at radius 1 is 1.23 bits per heavy atom. The largest absolute Gasteiger partial charge is 0.487 e. The van der Waals surface area contributed by atoms with E-state index in [0.29, 0.717) is 17.8 Å². The predicted octanol–water partition coefficient (Wildman–Crippen LogP) is 3.01. The molecule has 3 rings (SSSR count). The van der Waals surface area contributed by atoms with E-state index in [-0.39, 0.29) is 0 Å². The summed E-state index contributed by atoms with van der Waals surface area (Å²) >= 11 is 0. The van der Waals surface area contributed by atoms with Crippen LogP contribution in [0.25, 0.3) is 5.65 Å². The van der Waals surface area contributed by atoms with Gasteiger partial charge in [0.15, 0.2) is 5.65 Å². The van der Waals surface area contributed by atoms with Crippen LogP contribution in [0.3, 0.4) is 0 Å². The summed E-state index contributed by atoms with van der Waals surface area (Å²) in [7, 11) is 1.36. The Hall–Kier alpha value is -2.82. The molecular formula is C17H16N2O3. The fourth-order valence-corrected chi connectivity index (χ4v) is 2.31. The smallest absolute Gasteiger partial charge is 0.341 e. The molecule has 0 fully saturated rings. The molecular weight excluding hydrogens is 280 g/mol. The minimum absolute atomic E-state index is 0.372. The zero-order valence-corrected chi connectivity index (χ0v) is 12.4. The Bertz CT molecular complexity index is 824. The molecule has 2 heterocycles. The number of pyridine rings is 1. The molecule has 3 aromatic rings. The van der Waals surface area contributed by atoms with Gasteiger partial charge in [-0.2, -0.15) is 0 Å². The predicted molar refractivity (Wildman–Crippen MR) is 82.0 cm³/mol. The standard InChI is InChI=1S/C17H16N2O3/c1-12-6-3-4-8-15(12)22-11-13-10-18-16-14(17(20)21-2)7-5-9-19(13)16/h3-10H,11H2,1-2H3. The molecule has 0 aliphatic rings. The Labute approximate surface area is 128 Å². The minimum atomic E-state index is -0.400. The number of benzene rings is 1. The fourth-order valence-electron chi connectivity index (χ4n) is 2.31. The number of imidazole rings is 1. The van der Waals surface area contributed by atoms with Gasteiger partial charge in [0, 0.05) is 6.20 Å². The average Bonchev–Trinajstić information content (AvgIpc) is 2.96. The van der Waals surface area contributed by atoms with Crippen molar-refractivity contribution in [3.05, 3.63) is 65.6 Å². The second-order valence-electron chi connectivity index (χ2n) is 4.91. The normalized spacial score (nSPS) is 10.6. The van der Waals surface area contributed by atoms with Crippen LogP contribution in [0.4, 0.5) is 0 Å². The molecule has 0 saturated carbocycles. The maximum absolute atomic E-state index is 11.8. The number of aromatic nitrogens is 2. The van der Waals surface area contributed by atoms with E-state index in [4.69, 9.17) is 9.47 Å². The van der Waals surface area contributed by atoms with Crippen molar-refractivity contribution in [2.24, 2.45) is 0 Å². The zero-order chi connectivity index (χ0) is 15.5. The molecule has 0 bridgehead atoms. The van der Waals surface area contributed by atoms with Gasteiger partial charge in [-0.1, -0.05) is 18.2 Å². The van der Waals surface area contributed by atoms with Gasteiger partial charge in [-0.25, -0.2) is 9.78 Å². The number of ether oxygens (including phenoxy) is 2.